The Bertz CT molecular complexity index is 1140. The number of aryl methyl sites for hydroxylation is 1. The molecule has 0 N–H and O–H groups in total. The van der Waals surface area contributed by atoms with Gasteiger partial charge in [-0.3, -0.25) is 9.20 Å². The lowest BCUT2D eigenvalue weighted by molar-refractivity contribution is 0.445. The number of nitrogens with zero attached hydrogens (tertiary/aromatic N) is 4. The normalized spacial score (nSPS) is 12.0. The molecule has 9 heteroatoms. The molecule has 0 saturated carbocycles. The minimum Gasteiger partial charge on any atom is -0.269 e. The summed E-state index contributed by atoms with van der Waals surface area (Å²) >= 11 is 1.40. The molecule has 0 aliphatic rings. The Hall–Kier alpha value is -2.23. The Labute approximate surface area is 168 Å². The molecule has 28 heavy (non-hydrogen) atoms. The van der Waals surface area contributed by atoms with Gasteiger partial charge >= 0.3 is 0 Å². The summed E-state index contributed by atoms with van der Waals surface area (Å²) in [6, 6.07) is 10.3. The van der Waals surface area contributed by atoms with E-state index in [1.54, 1.807) is 36.4 Å². The Balaban J connectivity index is 1.77. The number of rotatable bonds is 7. The van der Waals surface area contributed by atoms with Crippen LogP contribution in [-0.4, -0.2) is 40.2 Å². The van der Waals surface area contributed by atoms with Crippen molar-refractivity contribution in [3.63, 3.8) is 0 Å². The highest BCUT2D eigenvalue weighted by Gasteiger charge is 2.21. The first kappa shape index (κ1) is 20.5. The number of pyridine rings is 2. The zero-order valence-corrected chi connectivity index (χ0v) is 17.6. The molecule has 0 aliphatic carbocycles. The maximum absolute atomic E-state index is 12.5. The van der Waals surface area contributed by atoms with Gasteiger partial charge in [-0.05, 0) is 31.2 Å². The van der Waals surface area contributed by atoms with Gasteiger partial charge in [0.15, 0.2) is 0 Å². The Morgan fingerprint density at radius 3 is 2.54 bits per heavy atom. The van der Waals surface area contributed by atoms with Gasteiger partial charge in [-0.2, -0.15) is 4.31 Å². The van der Waals surface area contributed by atoms with Crippen molar-refractivity contribution >= 4 is 27.4 Å². The van der Waals surface area contributed by atoms with Gasteiger partial charge in [-0.15, -0.1) is 11.8 Å². The maximum Gasteiger partial charge on any atom is 0.258 e. The first-order chi connectivity index (χ1) is 13.4. The van der Waals surface area contributed by atoms with Crippen LogP contribution in [0.25, 0.3) is 5.65 Å². The van der Waals surface area contributed by atoms with Gasteiger partial charge in [0.2, 0.25) is 10.0 Å². The Morgan fingerprint density at radius 2 is 1.89 bits per heavy atom. The van der Waals surface area contributed by atoms with Crippen LogP contribution >= 0.6 is 11.8 Å². The highest BCUT2D eigenvalue weighted by Crippen LogP contribution is 2.22. The molecule has 0 spiro atoms. The summed E-state index contributed by atoms with van der Waals surface area (Å²) in [6.07, 6.45) is 1.38. The second-order valence-electron chi connectivity index (χ2n) is 6.16. The highest BCUT2D eigenvalue weighted by molar-refractivity contribution is 7.98. The van der Waals surface area contributed by atoms with Crippen molar-refractivity contribution in [1.82, 2.24) is 18.7 Å². The molecule has 0 radical (unpaired) electrons. The van der Waals surface area contributed by atoms with E-state index in [0.29, 0.717) is 35.2 Å². The number of hydrogen-bond donors (Lipinski definition) is 0. The van der Waals surface area contributed by atoms with Gasteiger partial charge in [0.25, 0.3) is 5.56 Å². The topological polar surface area (TPSA) is 84.6 Å². The molecule has 0 bridgehead atoms. The van der Waals surface area contributed by atoms with Gasteiger partial charge in [-0.1, -0.05) is 19.9 Å². The fraction of sp³-hybridized carbons (Fsp3) is 0.316. The van der Waals surface area contributed by atoms with Crippen LogP contribution < -0.4 is 5.56 Å². The lowest BCUT2D eigenvalue weighted by atomic mass is 10.3. The first-order valence-corrected chi connectivity index (χ1v) is 11.4. The number of fused-ring (bicyclic) bond motifs is 1. The van der Waals surface area contributed by atoms with Gasteiger partial charge in [0.1, 0.15) is 10.5 Å². The first-order valence-electron chi connectivity index (χ1n) is 8.94. The number of aromatic nitrogens is 3. The fourth-order valence-corrected chi connectivity index (χ4v) is 5.04. The second-order valence-corrected chi connectivity index (χ2v) is 9.09. The van der Waals surface area contributed by atoms with Crippen LogP contribution in [0.2, 0.25) is 0 Å². The average Bonchev–Trinajstić information content (AvgIpc) is 2.67. The molecule has 3 aromatic rings. The van der Waals surface area contributed by atoms with Gasteiger partial charge in [0, 0.05) is 36.8 Å². The van der Waals surface area contributed by atoms with Crippen molar-refractivity contribution in [2.45, 2.75) is 36.4 Å². The monoisotopic (exact) mass is 418 g/mol. The van der Waals surface area contributed by atoms with Crippen LogP contribution in [0, 0.1) is 6.92 Å². The Kier molecular flexibility index (Phi) is 6.17. The maximum atomic E-state index is 12.5. The van der Waals surface area contributed by atoms with Gasteiger partial charge in [-0.25, -0.2) is 18.4 Å². The van der Waals surface area contributed by atoms with Crippen molar-refractivity contribution in [3.05, 3.63) is 64.3 Å². The average molecular weight is 419 g/mol. The van der Waals surface area contributed by atoms with Crippen molar-refractivity contribution in [3.8, 4) is 0 Å². The van der Waals surface area contributed by atoms with Crippen molar-refractivity contribution in [2.75, 3.05) is 13.1 Å². The summed E-state index contributed by atoms with van der Waals surface area (Å²) in [5, 5.41) is 0.671. The van der Waals surface area contributed by atoms with Gasteiger partial charge < -0.3 is 0 Å². The number of thioether (sulfide) groups is 1. The summed E-state index contributed by atoms with van der Waals surface area (Å²) in [7, 11) is -3.51. The summed E-state index contributed by atoms with van der Waals surface area (Å²) in [6.45, 7) is 6.30. The largest absolute Gasteiger partial charge is 0.269 e. The summed E-state index contributed by atoms with van der Waals surface area (Å²) in [5.74, 6) is 0.467. The second kappa shape index (κ2) is 8.42. The van der Waals surface area contributed by atoms with E-state index in [1.165, 1.54) is 28.3 Å². The van der Waals surface area contributed by atoms with Crippen LogP contribution in [0.5, 0.6) is 0 Å². The van der Waals surface area contributed by atoms with E-state index in [2.05, 4.69) is 9.97 Å². The number of hydrogen-bond acceptors (Lipinski definition) is 6. The lowest BCUT2D eigenvalue weighted by Gasteiger charge is -2.18. The third-order valence-electron chi connectivity index (χ3n) is 4.35. The molecule has 0 saturated heterocycles. The third-order valence-corrected chi connectivity index (χ3v) is 7.36. The van der Waals surface area contributed by atoms with Crippen LogP contribution in [0.1, 0.15) is 25.2 Å². The minimum atomic E-state index is -3.51. The van der Waals surface area contributed by atoms with E-state index in [9.17, 15) is 13.2 Å². The van der Waals surface area contributed by atoms with Crippen molar-refractivity contribution < 1.29 is 8.42 Å². The zero-order chi connectivity index (χ0) is 20.3. The standard InChI is InChI=1S/C19H22N4O3S2/c1-4-22(5-2)28(25,26)16-9-10-18(20-12-16)27-13-15-11-19(24)23-14(3)7-6-8-17(23)21-15/h6-12H,4-5,13H2,1-3H3. The Morgan fingerprint density at radius 1 is 1.14 bits per heavy atom. The highest BCUT2D eigenvalue weighted by atomic mass is 32.2. The predicted octanol–water partition coefficient (Wildman–Crippen LogP) is 2.72. The molecule has 3 heterocycles. The van der Waals surface area contributed by atoms with Crippen LogP contribution in [0.3, 0.4) is 0 Å². The molecule has 0 fully saturated rings. The van der Waals surface area contributed by atoms with Crippen LogP contribution in [0.4, 0.5) is 0 Å². The molecule has 3 aromatic heterocycles. The van der Waals surface area contributed by atoms with E-state index in [1.807, 2.05) is 19.1 Å². The minimum absolute atomic E-state index is 0.118. The molecule has 7 nitrogen and oxygen atoms in total. The van der Waals surface area contributed by atoms with E-state index in [0.717, 1.165) is 5.69 Å². The van der Waals surface area contributed by atoms with E-state index < -0.39 is 10.0 Å². The predicted molar refractivity (Wildman–Crippen MR) is 110 cm³/mol. The molecular weight excluding hydrogens is 396 g/mol. The van der Waals surface area contributed by atoms with Crippen molar-refractivity contribution in [1.29, 1.82) is 0 Å². The molecule has 0 unspecified atom stereocenters. The molecule has 0 aliphatic heterocycles. The molecule has 0 atom stereocenters. The summed E-state index contributed by atoms with van der Waals surface area (Å²) in [5.41, 5.74) is 1.98. The zero-order valence-electron chi connectivity index (χ0n) is 16.0. The quantitative estimate of drug-likeness (QED) is 0.549. The SMILES string of the molecule is CCN(CC)S(=O)(=O)c1ccc(SCc2cc(=O)n3c(C)cccc3n2)nc1. The lowest BCUT2D eigenvalue weighted by Crippen LogP contribution is -2.30. The van der Waals surface area contributed by atoms with Crippen LogP contribution in [-0.2, 0) is 15.8 Å². The smallest absolute Gasteiger partial charge is 0.258 e. The molecule has 0 aromatic carbocycles. The van der Waals surface area contributed by atoms with E-state index >= 15 is 0 Å². The van der Waals surface area contributed by atoms with Crippen molar-refractivity contribution in [2.24, 2.45) is 0 Å². The molecule has 0 amide bonds. The van der Waals surface area contributed by atoms with E-state index in [4.69, 9.17) is 0 Å². The van der Waals surface area contributed by atoms with Gasteiger partial charge in [0.05, 0.1) is 10.7 Å². The summed E-state index contributed by atoms with van der Waals surface area (Å²) < 4.78 is 28.0. The molecular formula is C19H22N4O3S2. The molecule has 3 rings (SSSR count). The molecule has 148 valence electrons. The van der Waals surface area contributed by atoms with E-state index in [-0.39, 0.29) is 10.5 Å². The number of sulfonamides is 1. The summed E-state index contributed by atoms with van der Waals surface area (Å²) in [4.78, 5) is 21.3. The van der Waals surface area contributed by atoms with Crippen LogP contribution in [0.15, 0.2) is 57.3 Å². The third kappa shape index (κ3) is 4.11. The fourth-order valence-electron chi connectivity index (χ4n) is 2.90.